The maximum Gasteiger partial charge on any atom is 0.125 e. The lowest BCUT2D eigenvalue weighted by molar-refractivity contribution is -0.0000628. The summed E-state index contributed by atoms with van der Waals surface area (Å²) < 4.78 is 11.4. The Balaban J connectivity index is 1.93. The van der Waals surface area contributed by atoms with Gasteiger partial charge in [0.15, 0.2) is 0 Å². The van der Waals surface area contributed by atoms with Crippen molar-refractivity contribution in [1.29, 1.82) is 0 Å². The van der Waals surface area contributed by atoms with Gasteiger partial charge in [-0.2, -0.15) is 0 Å². The summed E-state index contributed by atoms with van der Waals surface area (Å²) in [4.78, 5) is 0. The molecule has 3 nitrogen and oxygen atoms in total. The van der Waals surface area contributed by atoms with Gasteiger partial charge in [-0.25, -0.2) is 0 Å². The van der Waals surface area contributed by atoms with Crippen LogP contribution in [0.4, 0.5) is 0 Å². The highest BCUT2D eigenvalue weighted by Gasteiger charge is 2.14. The van der Waals surface area contributed by atoms with Crippen LogP contribution < -0.4 is 10.1 Å². The van der Waals surface area contributed by atoms with Crippen LogP contribution in [0.15, 0.2) is 18.2 Å². The summed E-state index contributed by atoms with van der Waals surface area (Å²) in [7, 11) is 0. The quantitative estimate of drug-likeness (QED) is 0.842. The largest absolute Gasteiger partial charge is 0.490 e. The molecule has 1 aliphatic heterocycles. The molecule has 3 heteroatoms. The molecule has 1 N–H and O–H groups in total. The van der Waals surface area contributed by atoms with Crippen molar-refractivity contribution in [2.45, 2.75) is 20.0 Å². The third kappa shape index (κ3) is 2.74. The highest BCUT2D eigenvalue weighted by molar-refractivity contribution is 5.39. The second-order valence-electron chi connectivity index (χ2n) is 4.23. The zero-order valence-corrected chi connectivity index (χ0v) is 9.95. The molecular formula is C13H19NO2. The summed E-state index contributed by atoms with van der Waals surface area (Å²) in [6.45, 7) is 7.37. The van der Waals surface area contributed by atoms with Gasteiger partial charge in [-0.05, 0) is 25.0 Å². The Morgan fingerprint density at radius 2 is 2.12 bits per heavy atom. The number of nitrogens with one attached hydrogen (secondary N) is 1. The molecule has 0 amide bonds. The predicted molar refractivity (Wildman–Crippen MR) is 64.0 cm³/mol. The van der Waals surface area contributed by atoms with Crippen molar-refractivity contribution >= 4 is 0 Å². The van der Waals surface area contributed by atoms with Crippen molar-refractivity contribution in [3.8, 4) is 5.75 Å². The van der Waals surface area contributed by atoms with Gasteiger partial charge in [0, 0.05) is 13.1 Å². The van der Waals surface area contributed by atoms with Gasteiger partial charge in [0.1, 0.15) is 18.5 Å². The Bertz CT molecular complexity index is 326. The van der Waals surface area contributed by atoms with Crippen LogP contribution in [-0.4, -0.2) is 32.4 Å². The molecule has 1 aliphatic rings. The first-order valence-electron chi connectivity index (χ1n) is 5.78. The van der Waals surface area contributed by atoms with Gasteiger partial charge in [-0.15, -0.1) is 0 Å². The lowest BCUT2D eigenvalue weighted by atomic mass is 10.1. The van der Waals surface area contributed by atoms with E-state index in [9.17, 15) is 0 Å². The minimum absolute atomic E-state index is 0.174. The summed E-state index contributed by atoms with van der Waals surface area (Å²) >= 11 is 0. The molecule has 0 saturated carbocycles. The fourth-order valence-corrected chi connectivity index (χ4v) is 1.93. The average molecular weight is 221 g/mol. The van der Waals surface area contributed by atoms with E-state index in [1.807, 2.05) is 0 Å². The Morgan fingerprint density at radius 1 is 1.38 bits per heavy atom. The molecule has 1 aromatic carbocycles. The second-order valence-corrected chi connectivity index (χ2v) is 4.23. The molecule has 1 heterocycles. The van der Waals surface area contributed by atoms with Gasteiger partial charge in [-0.3, -0.25) is 0 Å². The number of aryl methyl sites for hydroxylation is 2. The summed E-state index contributed by atoms with van der Waals surface area (Å²) in [5, 5.41) is 3.30. The van der Waals surface area contributed by atoms with Crippen LogP contribution in [0.5, 0.6) is 5.75 Å². The number of hydrogen-bond donors (Lipinski definition) is 1. The summed E-state index contributed by atoms with van der Waals surface area (Å²) in [6.07, 6.45) is 0.174. The maximum absolute atomic E-state index is 5.84. The van der Waals surface area contributed by atoms with Crippen molar-refractivity contribution in [3.63, 3.8) is 0 Å². The monoisotopic (exact) mass is 221 g/mol. The molecule has 0 bridgehead atoms. The van der Waals surface area contributed by atoms with E-state index in [1.165, 1.54) is 11.1 Å². The van der Waals surface area contributed by atoms with Crippen LogP contribution in [0, 0.1) is 13.8 Å². The van der Waals surface area contributed by atoms with Crippen molar-refractivity contribution < 1.29 is 9.47 Å². The van der Waals surface area contributed by atoms with E-state index in [4.69, 9.17) is 9.47 Å². The lowest BCUT2D eigenvalue weighted by Crippen LogP contribution is -2.41. The van der Waals surface area contributed by atoms with Gasteiger partial charge >= 0.3 is 0 Å². The van der Waals surface area contributed by atoms with E-state index in [1.54, 1.807) is 0 Å². The molecule has 1 fully saturated rings. The SMILES string of the molecule is Cc1cccc(C)c1OC[C@@H]1CNCCO1. The first kappa shape index (κ1) is 11.4. The van der Waals surface area contributed by atoms with Gasteiger partial charge in [0.25, 0.3) is 0 Å². The zero-order chi connectivity index (χ0) is 11.4. The Hall–Kier alpha value is -1.06. The van der Waals surface area contributed by atoms with E-state index < -0.39 is 0 Å². The van der Waals surface area contributed by atoms with E-state index in [0.29, 0.717) is 6.61 Å². The molecule has 88 valence electrons. The molecule has 0 radical (unpaired) electrons. The molecule has 0 aliphatic carbocycles. The van der Waals surface area contributed by atoms with Crippen molar-refractivity contribution in [2.75, 3.05) is 26.3 Å². The Morgan fingerprint density at radius 3 is 2.75 bits per heavy atom. The van der Waals surface area contributed by atoms with Gasteiger partial charge < -0.3 is 14.8 Å². The van der Waals surface area contributed by atoms with Crippen molar-refractivity contribution in [2.24, 2.45) is 0 Å². The first-order chi connectivity index (χ1) is 7.77. The third-order valence-electron chi connectivity index (χ3n) is 2.83. The summed E-state index contributed by atoms with van der Waals surface area (Å²) in [5.74, 6) is 0.997. The van der Waals surface area contributed by atoms with E-state index in [-0.39, 0.29) is 6.10 Å². The van der Waals surface area contributed by atoms with Crippen LogP contribution >= 0.6 is 0 Å². The summed E-state index contributed by atoms with van der Waals surface area (Å²) in [5.41, 5.74) is 2.37. The van der Waals surface area contributed by atoms with E-state index >= 15 is 0 Å². The van der Waals surface area contributed by atoms with Gasteiger partial charge in [0.05, 0.1) is 6.61 Å². The fraction of sp³-hybridized carbons (Fsp3) is 0.538. The summed E-state index contributed by atoms with van der Waals surface area (Å²) in [6, 6.07) is 6.20. The number of para-hydroxylation sites is 1. The minimum atomic E-state index is 0.174. The van der Waals surface area contributed by atoms with E-state index in [2.05, 4.69) is 37.4 Å². The fourth-order valence-electron chi connectivity index (χ4n) is 1.93. The van der Waals surface area contributed by atoms with Gasteiger partial charge in [-0.1, -0.05) is 18.2 Å². The molecular weight excluding hydrogens is 202 g/mol. The molecule has 1 aromatic rings. The smallest absolute Gasteiger partial charge is 0.125 e. The highest BCUT2D eigenvalue weighted by atomic mass is 16.5. The maximum atomic E-state index is 5.84. The van der Waals surface area contributed by atoms with Crippen molar-refractivity contribution in [3.05, 3.63) is 29.3 Å². The molecule has 0 aromatic heterocycles. The van der Waals surface area contributed by atoms with Crippen LogP contribution in [0.2, 0.25) is 0 Å². The standard InChI is InChI=1S/C13H19NO2/c1-10-4-3-5-11(2)13(10)16-9-12-8-14-6-7-15-12/h3-5,12,14H,6-9H2,1-2H3/t12-/m0/s1. The highest BCUT2D eigenvalue weighted by Crippen LogP contribution is 2.22. The zero-order valence-electron chi connectivity index (χ0n) is 9.95. The number of hydrogen-bond acceptors (Lipinski definition) is 3. The van der Waals surface area contributed by atoms with Crippen molar-refractivity contribution in [1.82, 2.24) is 5.32 Å². The number of morpholine rings is 1. The first-order valence-corrected chi connectivity index (χ1v) is 5.78. The minimum Gasteiger partial charge on any atom is -0.490 e. The number of benzene rings is 1. The van der Waals surface area contributed by atoms with Gasteiger partial charge in [0.2, 0.25) is 0 Å². The Kier molecular flexibility index (Phi) is 3.80. The molecule has 0 unspecified atom stereocenters. The van der Waals surface area contributed by atoms with Crippen LogP contribution in [0.3, 0.4) is 0 Å². The number of ether oxygens (including phenoxy) is 2. The number of rotatable bonds is 3. The lowest BCUT2D eigenvalue weighted by Gasteiger charge is -2.24. The van der Waals surface area contributed by atoms with Crippen LogP contribution in [0.25, 0.3) is 0 Å². The molecule has 0 spiro atoms. The molecule has 1 atom stereocenters. The normalized spacial score (nSPS) is 20.8. The Labute approximate surface area is 96.8 Å². The van der Waals surface area contributed by atoms with Crippen LogP contribution in [0.1, 0.15) is 11.1 Å². The predicted octanol–water partition coefficient (Wildman–Crippen LogP) is 1.67. The average Bonchev–Trinajstić information content (AvgIpc) is 2.30. The second kappa shape index (κ2) is 5.32. The topological polar surface area (TPSA) is 30.5 Å². The van der Waals surface area contributed by atoms with E-state index in [0.717, 1.165) is 25.4 Å². The third-order valence-corrected chi connectivity index (χ3v) is 2.83. The molecule has 1 saturated heterocycles. The molecule has 2 rings (SSSR count). The molecule has 16 heavy (non-hydrogen) atoms. The van der Waals surface area contributed by atoms with Crippen LogP contribution in [-0.2, 0) is 4.74 Å².